The first-order chi connectivity index (χ1) is 12.4. The van der Waals surface area contributed by atoms with Crippen LogP contribution in [0.3, 0.4) is 0 Å². The van der Waals surface area contributed by atoms with Crippen LogP contribution >= 0.6 is 0 Å². The smallest absolute Gasteiger partial charge is 0.355 e. The summed E-state index contributed by atoms with van der Waals surface area (Å²) in [5.74, 6) is -1.70. The fraction of sp³-hybridized carbons (Fsp3) is 1.00. The van der Waals surface area contributed by atoms with Crippen LogP contribution in [0.4, 0.5) is 26.3 Å². The number of hydrogen-bond donors (Lipinski definition) is 1. The molecule has 0 aromatic rings. The Labute approximate surface area is 155 Å². The van der Waals surface area contributed by atoms with Gasteiger partial charge >= 0.3 is 12.4 Å². The van der Waals surface area contributed by atoms with Crippen molar-refractivity contribution in [3.63, 3.8) is 0 Å². The van der Waals surface area contributed by atoms with Gasteiger partial charge < -0.3 is 9.47 Å². The van der Waals surface area contributed by atoms with Gasteiger partial charge in [-0.25, -0.2) is 4.89 Å². The largest absolute Gasteiger partial charge is 0.426 e. The minimum Gasteiger partial charge on any atom is -0.355 e. The molecule has 1 rings (SSSR count). The number of ether oxygens (including phenoxy) is 2. The van der Waals surface area contributed by atoms with Gasteiger partial charge in [0.15, 0.2) is 0 Å². The molecule has 0 aromatic heterocycles. The summed E-state index contributed by atoms with van der Waals surface area (Å²) in [5.41, 5.74) is -5.05. The van der Waals surface area contributed by atoms with Gasteiger partial charge in [0.1, 0.15) is 6.79 Å². The number of halogens is 6. The van der Waals surface area contributed by atoms with E-state index in [0.29, 0.717) is 25.7 Å². The van der Waals surface area contributed by atoms with E-state index in [0.717, 1.165) is 0 Å². The van der Waals surface area contributed by atoms with Crippen LogP contribution < -0.4 is 0 Å². The molecule has 0 amide bonds. The highest BCUT2D eigenvalue weighted by Gasteiger charge is 2.75. The van der Waals surface area contributed by atoms with Crippen molar-refractivity contribution >= 4 is 0 Å². The quantitative estimate of drug-likeness (QED) is 0.174. The van der Waals surface area contributed by atoms with E-state index in [1.54, 1.807) is 13.8 Å². The number of alkyl halides is 6. The van der Waals surface area contributed by atoms with Gasteiger partial charge in [-0.15, -0.1) is 0 Å². The van der Waals surface area contributed by atoms with Crippen LogP contribution in [0.25, 0.3) is 0 Å². The normalized spacial score (nSPS) is 21.1. The Kier molecular flexibility index (Phi) is 8.40. The average molecular weight is 410 g/mol. The van der Waals surface area contributed by atoms with E-state index in [1.165, 1.54) is 6.92 Å². The van der Waals surface area contributed by atoms with Crippen molar-refractivity contribution in [3.8, 4) is 0 Å². The molecule has 4 nitrogen and oxygen atoms in total. The van der Waals surface area contributed by atoms with Gasteiger partial charge in [-0.2, -0.15) is 26.3 Å². The van der Waals surface area contributed by atoms with Gasteiger partial charge in [-0.05, 0) is 26.2 Å². The summed E-state index contributed by atoms with van der Waals surface area (Å²) in [7, 11) is 0. The Morgan fingerprint density at radius 1 is 1.00 bits per heavy atom. The molecule has 0 bridgehead atoms. The van der Waals surface area contributed by atoms with E-state index in [1.807, 2.05) is 0 Å². The van der Waals surface area contributed by atoms with Gasteiger partial charge in [0, 0.05) is 11.3 Å². The number of hydrogen-bond acceptors (Lipinski definition) is 4. The van der Waals surface area contributed by atoms with Crippen LogP contribution in [0.2, 0.25) is 0 Å². The molecule has 10 heteroatoms. The molecular formula is C17H28F6O4. The van der Waals surface area contributed by atoms with Crippen LogP contribution in [0.1, 0.15) is 59.3 Å². The lowest BCUT2D eigenvalue weighted by molar-refractivity contribution is -0.412. The van der Waals surface area contributed by atoms with Crippen LogP contribution in [0.15, 0.2) is 0 Å². The molecule has 0 saturated heterocycles. The summed E-state index contributed by atoms with van der Waals surface area (Å²) in [4.78, 5) is 4.23. The lowest BCUT2D eigenvalue weighted by Crippen LogP contribution is -2.64. The molecule has 0 radical (unpaired) electrons. The molecule has 1 saturated carbocycles. The zero-order valence-corrected chi connectivity index (χ0v) is 15.8. The van der Waals surface area contributed by atoms with E-state index >= 15 is 0 Å². The summed E-state index contributed by atoms with van der Waals surface area (Å²) in [6.07, 6.45) is -10.8. The van der Waals surface area contributed by atoms with Crippen molar-refractivity contribution in [3.05, 3.63) is 0 Å². The van der Waals surface area contributed by atoms with Gasteiger partial charge in [0.25, 0.3) is 5.60 Å². The third kappa shape index (κ3) is 5.27. The summed E-state index contributed by atoms with van der Waals surface area (Å²) < 4.78 is 91.2. The zero-order chi connectivity index (χ0) is 20.9. The highest BCUT2D eigenvalue weighted by atomic mass is 19.4. The maximum absolute atomic E-state index is 13.6. The van der Waals surface area contributed by atoms with E-state index in [2.05, 4.69) is 9.62 Å². The standard InChI is InChI=1S/C17H28F6O4/c1-4-14(3,12(2)27-24)10-25-11-26-15(16(18,19)20,17(21,22)23)13-8-6-5-7-9-13/h12-13,24H,4-11H2,1-3H3. The van der Waals surface area contributed by atoms with E-state index in [9.17, 15) is 26.3 Å². The molecule has 2 atom stereocenters. The first-order valence-corrected chi connectivity index (χ1v) is 9.01. The van der Waals surface area contributed by atoms with E-state index in [-0.39, 0.29) is 19.4 Å². The van der Waals surface area contributed by atoms with Crippen molar-refractivity contribution in [1.82, 2.24) is 0 Å². The van der Waals surface area contributed by atoms with E-state index < -0.39 is 42.2 Å². The summed E-state index contributed by atoms with van der Waals surface area (Å²) in [5, 5.41) is 8.79. The van der Waals surface area contributed by atoms with Crippen molar-refractivity contribution in [2.45, 2.75) is 83.4 Å². The summed E-state index contributed by atoms with van der Waals surface area (Å²) >= 11 is 0. The third-order valence-electron chi connectivity index (χ3n) is 5.77. The van der Waals surface area contributed by atoms with Gasteiger partial charge in [0.05, 0.1) is 12.7 Å². The maximum atomic E-state index is 13.6. The van der Waals surface area contributed by atoms with Crippen LogP contribution in [0.5, 0.6) is 0 Å². The SMILES string of the molecule is CCC(C)(COCOC(C1CCCCC1)(C(F)(F)F)C(F)(F)F)C(C)OO. The van der Waals surface area contributed by atoms with Gasteiger partial charge in [0.2, 0.25) is 0 Å². The fourth-order valence-electron chi connectivity index (χ4n) is 3.46. The molecule has 0 spiro atoms. The molecule has 162 valence electrons. The first kappa shape index (κ1) is 24.5. The lowest BCUT2D eigenvalue weighted by atomic mass is 9.75. The summed E-state index contributed by atoms with van der Waals surface area (Å²) in [6.45, 7) is 3.49. The highest BCUT2D eigenvalue weighted by molar-refractivity contribution is 5.02. The molecular weight excluding hydrogens is 382 g/mol. The molecule has 27 heavy (non-hydrogen) atoms. The summed E-state index contributed by atoms with van der Waals surface area (Å²) in [6, 6.07) is 0. The topological polar surface area (TPSA) is 47.9 Å². The highest BCUT2D eigenvalue weighted by Crippen LogP contribution is 2.54. The average Bonchev–Trinajstić information content (AvgIpc) is 2.59. The monoisotopic (exact) mass is 410 g/mol. The lowest BCUT2D eigenvalue weighted by Gasteiger charge is -2.44. The van der Waals surface area contributed by atoms with Crippen molar-refractivity contribution < 1.29 is 46.0 Å². The first-order valence-electron chi connectivity index (χ1n) is 9.01. The van der Waals surface area contributed by atoms with E-state index in [4.69, 9.17) is 9.99 Å². The Balaban J connectivity index is 2.95. The second-order valence-electron chi connectivity index (χ2n) is 7.43. The van der Waals surface area contributed by atoms with Gasteiger partial charge in [-0.1, -0.05) is 33.1 Å². The van der Waals surface area contributed by atoms with Gasteiger partial charge in [-0.3, -0.25) is 5.26 Å². The van der Waals surface area contributed by atoms with Crippen LogP contribution in [-0.4, -0.2) is 42.7 Å². The maximum Gasteiger partial charge on any atom is 0.426 e. The molecule has 1 aliphatic carbocycles. The molecule has 0 aliphatic heterocycles. The predicted molar refractivity (Wildman–Crippen MR) is 84.9 cm³/mol. The Morgan fingerprint density at radius 3 is 1.93 bits per heavy atom. The second kappa shape index (κ2) is 9.28. The van der Waals surface area contributed by atoms with Crippen LogP contribution in [-0.2, 0) is 14.4 Å². The molecule has 1 N–H and O–H groups in total. The zero-order valence-electron chi connectivity index (χ0n) is 15.8. The molecule has 0 heterocycles. The third-order valence-corrected chi connectivity index (χ3v) is 5.77. The Hall–Kier alpha value is -0.580. The molecule has 0 aromatic carbocycles. The Morgan fingerprint density at radius 2 is 1.52 bits per heavy atom. The molecule has 2 unspecified atom stereocenters. The van der Waals surface area contributed by atoms with Crippen molar-refractivity contribution in [2.75, 3.05) is 13.4 Å². The minimum absolute atomic E-state index is 0.207. The van der Waals surface area contributed by atoms with Crippen LogP contribution in [0, 0.1) is 11.3 Å². The van der Waals surface area contributed by atoms with Crippen molar-refractivity contribution in [2.24, 2.45) is 11.3 Å². The minimum atomic E-state index is -5.62. The predicted octanol–water partition coefficient (Wildman–Crippen LogP) is 5.72. The van der Waals surface area contributed by atoms with Crippen molar-refractivity contribution in [1.29, 1.82) is 0 Å². The molecule has 1 aliphatic rings. The molecule has 1 fully saturated rings. The fourth-order valence-corrected chi connectivity index (χ4v) is 3.46. The Bertz CT molecular complexity index is 434. The number of rotatable bonds is 9. The second-order valence-corrected chi connectivity index (χ2v) is 7.43.